The number of hydrogen-bond acceptors (Lipinski definition) is 4. The van der Waals surface area contributed by atoms with E-state index in [2.05, 4.69) is 5.32 Å². The Labute approximate surface area is 92.0 Å². The van der Waals surface area contributed by atoms with Gasteiger partial charge in [-0.05, 0) is 24.3 Å². The number of rotatable bonds is 2. The van der Waals surface area contributed by atoms with Crippen LogP contribution in [0, 0.1) is 11.3 Å². The second-order valence-corrected chi connectivity index (χ2v) is 4.25. The van der Waals surface area contributed by atoms with Crippen LogP contribution in [-0.2, 0) is 0 Å². The van der Waals surface area contributed by atoms with E-state index in [1.54, 1.807) is 6.07 Å². The zero-order chi connectivity index (χ0) is 10.7. The van der Waals surface area contributed by atoms with Crippen molar-refractivity contribution in [1.29, 1.82) is 5.26 Å². The van der Waals surface area contributed by atoms with Crippen LogP contribution in [0.2, 0.25) is 0 Å². The monoisotopic (exact) mass is 218 g/mol. The number of ketones is 1. The molecule has 1 fully saturated rings. The average molecular weight is 218 g/mol. The molecule has 15 heavy (non-hydrogen) atoms. The molecule has 1 aromatic heterocycles. The lowest BCUT2D eigenvalue weighted by Gasteiger charge is -2.01. The van der Waals surface area contributed by atoms with Crippen LogP contribution in [0.3, 0.4) is 0 Å². The van der Waals surface area contributed by atoms with Crippen molar-refractivity contribution in [1.82, 2.24) is 5.32 Å². The highest BCUT2D eigenvalue weighted by Gasteiger charge is 2.19. The molecular weight excluding hydrogens is 208 g/mol. The van der Waals surface area contributed by atoms with Crippen LogP contribution in [0.4, 0.5) is 0 Å². The Morgan fingerprint density at radius 1 is 1.60 bits per heavy atom. The predicted octanol–water partition coefficient (Wildman–Crippen LogP) is 2.09. The van der Waals surface area contributed by atoms with Crippen molar-refractivity contribution in [2.75, 3.05) is 6.54 Å². The topological polar surface area (TPSA) is 52.9 Å². The van der Waals surface area contributed by atoms with Gasteiger partial charge in [-0.15, -0.1) is 11.3 Å². The van der Waals surface area contributed by atoms with Crippen LogP contribution in [0.5, 0.6) is 0 Å². The van der Waals surface area contributed by atoms with Gasteiger partial charge < -0.3 is 5.32 Å². The lowest BCUT2D eigenvalue weighted by Crippen LogP contribution is -2.11. The molecule has 1 aliphatic rings. The van der Waals surface area contributed by atoms with Gasteiger partial charge in [-0.25, -0.2) is 0 Å². The summed E-state index contributed by atoms with van der Waals surface area (Å²) in [5.74, 6) is -0.156. The normalized spacial score (nSPS) is 18.1. The molecule has 0 spiro atoms. The van der Waals surface area contributed by atoms with Crippen molar-refractivity contribution in [2.24, 2.45) is 0 Å². The van der Waals surface area contributed by atoms with Crippen molar-refractivity contribution in [3.8, 4) is 6.07 Å². The number of nitriles is 1. The third-order valence-corrected chi connectivity index (χ3v) is 3.20. The second-order valence-electron chi connectivity index (χ2n) is 3.30. The lowest BCUT2D eigenvalue weighted by molar-refractivity contribution is 0.104. The van der Waals surface area contributed by atoms with Gasteiger partial charge in [-0.1, -0.05) is 6.07 Å². The molecule has 1 aromatic rings. The Kier molecular flexibility index (Phi) is 2.84. The van der Waals surface area contributed by atoms with Gasteiger partial charge >= 0.3 is 0 Å². The van der Waals surface area contributed by atoms with E-state index in [1.165, 1.54) is 11.3 Å². The van der Waals surface area contributed by atoms with Gasteiger partial charge in [0.25, 0.3) is 0 Å². The maximum atomic E-state index is 11.9. The molecule has 2 heterocycles. The third-order valence-electron chi connectivity index (χ3n) is 2.33. The van der Waals surface area contributed by atoms with Crippen LogP contribution in [0.15, 0.2) is 28.8 Å². The summed E-state index contributed by atoms with van der Waals surface area (Å²) in [6.07, 6.45) is 1.80. The molecule has 0 radical (unpaired) electrons. The highest BCUT2D eigenvalue weighted by molar-refractivity contribution is 7.12. The molecule has 0 aromatic carbocycles. The number of allylic oxidation sites excluding steroid dienone is 2. The SMILES string of the molecule is N#C/C(C(=O)c1cccs1)=C1\CCCN1. The van der Waals surface area contributed by atoms with E-state index in [0.29, 0.717) is 4.88 Å². The van der Waals surface area contributed by atoms with Gasteiger partial charge in [0, 0.05) is 12.2 Å². The number of hydrogen-bond donors (Lipinski definition) is 1. The Balaban J connectivity index is 2.33. The molecule has 1 aliphatic heterocycles. The van der Waals surface area contributed by atoms with Gasteiger partial charge in [-0.3, -0.25) is 4.79 Å². The molecule has 0 atom stereocenters. The number of nitrogens with one attached hydrogen (secondary N) is 1. The van der Waals surface area contributed by atoms with Gasteiger partial charge in [0.1, 0.15) is 11.6 Å². The van der Waals surface area contributed by atoms with Crippen LogP contribution < -0.4 is 5.32 Å². The molecule has 0 bridgehead atoms. The minimum Gasteiger partial charge on any atom is -0.387 e. The van der Waals surface area contributed by atoms with Gasteiger partial charge in [-0.2, -0.15) is 5.26 Å². The first-order valence-electron chi connectivity index (χ1n) is 4.78. The van der Waals surface area contributed by atoms with Gasteiger partial charge in [0.15, 0.2) is 0 Å². The molecule has 1 N–H and O–H groups in total. The second kappa shape index (κ2) is 4.28. The summed E-state index contributed by atoms with van der Waals surface area (Å²) < 4.78 is 0. The fourth-order valence-electron chi connectivity index (χ4n) is 1.59. The smallest absolute Gasteiger partial charge is 0.215 e. The Bertz CT molecular complexity index is 432. The first kappa shape index (κ1) is 9.94. The largest absolute Gasteiger partial charge is 0.387 e. The highest BCUT2D eigenvalue weighted by atomic mass is 32.1. The van der Waals surface area contributed by atoms with Crippen molar-refractivity contribution in [3.63, 3.8) is 0 Å². The summed E-state index contributed by atoms with van der Waals surface area (Å²) in [6.45, 7) is 0.859. The average Bonchev–Trinajstić information content (AvgIpc) is 2.91. The summed E-state index contributed by atoms with van der Waals surface area (Å²) >= 11 is 1.37. The fourth-order valence-corrected chi connectivity index (χ4v) is 2.26. The zero-order valence-corrected chi connectivity index (χ0v) is 8.93. The van der Waals surface area contributed by atoms with Crippen molar-refractivity contribution in [3.05, 3.63) is 33.7 Å². The van der Waals surface area contributed by atoms with E-state index < -0.39 is 0 Å². The number of carbonyl (C=O) groups excluding carboxylic acids is 1. The first-order valence-corrected chi connectivity index (χ1v) is 5.66. The van der Waals surface area contributed by atoms with Crippen molar-refractivity contribution >= 4 is 17.1 Å². The Morgan fingerprint density at radius 2 is 2.47 bits per heavy atom. The van der Waals surface area contributed by atoms with E-state index >= 15 is 0 Å². The maximum absolute atomic E-state index is 11.9. The molecule has 0 unspecified atom stereocenters. The van der Waals surface area contributed by atoms with E-state index in [0.717, 1.165) is 25.1 Å². The molecule has 3 nitrogen and oxygen atoms in total. The van der Waals surface area contributed by atoms with Gasteiger partial charge in [0.05, 0.1) is 4.88 Å². The lowest BCUT2D eigenvalue weighted by atomic mass is 10.1. The van der Waals surface area contributed by atoms with Crippen molar-refractivity contribution < 1.29 is 4.79 Å². The summed E-state index contributed by atoms with van der Waals surface area (Å²) in [6, 6.07) is 5.58. The quantitative estimate of drug-likeness (QED) is 0.470. The summed E-state index contributed by atoms with van der Waals surface area (Å²) in [5.41, 5.74) is 1.07. The Hall–Kier alpha value is -1.60. The van der Waals surface area contributed by atoms with E-state index in [4.69, 9.17) is 5.26 Å². The molecule has 4 heteroatoms. The summed E-state index contributed by atoms with van der Waals surface area (Å²) in [4.78, 5) is 12.5. The van der Waals surface area contributed by atoms with Crippen LogP contribution in [0.1, 0.15) is 22.5 Å². The van der Waals surface area contributed by atoms with E-state index in [-0.39, 0.29) is 11.4 Å². The fraction of sp³-hybridized carbons (Fsp3) is 0.273. The predicted molar refractivity (Wildman–Crippen MR) is 58.5 cm³/mol. The number of thiophene rings is 1. The van der Waals surface area contributed by atoms with E-state index in [1.807, 2.05) is 17.5 Å². The first-order chi connectivity index (χ1) is 7.33. The van der Waals surface area contributed by atoms with Crippen LogP contribution in [0.25, 0.3) is 0 Å². The zero-order valence-electron chi connectivity index (χ0n) is 8.12. The summed E-state index contributed by atoms with van der Waals surface area (Å²) in [5, 5.41) is 13.9. The molecular formula is C11H10N2OS. The van der Waals surface area contributed by atoms with Crippen LogP contribution in [-0.4, -0.2) is 12.3 Å². The minimum absolute atomic E-state index is 0.156. The molecule has 76 valence electrons. The van der Waals surface area contributed by atoms with Crippen molar-refractivity contribution in [2.45, 2.75) is 12.8 Å². The standard InChI is InChI=1S/C11H10N2OS/c12-7-8(9-3-1-5-13-9)11(14)10-4-2-6-15-10/h2,4,6,13H,1,3,5H2/b9-8-. The third kappa shape index (κ3) is 1.92. The Morgan fingerprint density at radius 3 is 3.00 bits per heavy atom. The maximum Gasteiger partial charge on any atom is 0.215 e. The number of nitrogens with zero attached hydrogens (tertiary/aromatic N) is 1. The van der Waals surface area contributed by atoms with Gasteiger partial charge in [0.2, 0.25) is 5.78 Å². The molecule has 0 saturated carbocycles. The molecule has 1 saturated heterocycles. The number of carbonyl (C=O) groups is 1. The molecule has 0 amide bonds. The minimum atomic E-state index is -0.156. The van der Waals surface area contributed by atoms with E-state index in [9.17, 15) is 4.79 Å². The molecule has 2 rings (SSSR count). The molecule has 0 aliphatic carbocycles. The number of Topliss-reactive ketones (excluding diaryl/α,β-unsaturated/α-hetero) is 1. The highest BCUT2D eigenvalue weighted by Crippen LogP contribution is 2.20. The van der Waals surface area contributed by atoms with Crippen LogP contribution >= 0.6 is 11.3 Å². The summed E-state index contributed by atoms with van der Waals surface area (Å²) in [7, 11) is 0.